The van der Waals surface area contributed by atoms with E-state index in [1.807, 2.05) is 30.3 Å². The van der Waals surface area contributed by atoms with Gasteiger partial charge in [-0.3, -0.25) is 15.0 Å². The second-order valence-electron chi connectivity index (χ2n) is 8.34. The van der Waals surface area contributed by atoms with Gasteiger partial charge < -0.3 is 0 Å². The molecule has 9 heteroatoms. The highest BCUT2D eigenvalue weighted by Crippen LogP contribution is 2.30. The maximum absolute atomic E-state index is 12.0. The van der Waals surface area contributed by atoms with Gasteiger partial charge in [0.1, 0.15) is 0 Å². The van der Waals surface area contributed by atoms with Crippen LogP contribution in [-0.4, -0.2) is 57.9 Å². The first-order valence-electron chi connectivity index (χ1n) is 10.6. The molecule has 5 rings (SSSR count). The Hall–Kier alpha value is -2.78. The average Bonchev–Trinajstić information content (AvgIpc) is 3.50. The molecule has 0 unspecified atom stereocenters. The zero-order valence-electron chi connectivity index (χ0n) is 17.4. The van der Waals surface area contributed by atoms with Crippen LogP contribution in [0.3, 0.4) is 0 Å². The van der Waals surface area contributed by atoms with E-state index in [2.05, 4.69) is 32.4 Å². The number of pyridine rings is 1. The summed E-state index contributed by atoms with van der Waals surface area (Å²) in [4.78, 5) is 18.6. The van der Waals surface area contributed by atoms with Crippen molar-refractivity contribution >= 4 is 27.3 Å². The Morgan fingerprint density at radius 2 is 1.87 bits per heavy atom. The molecule has 1 aromatic carbocycles. The summed E-state index contributed by atoms with van der Waals surface area (Å²) in [6.07, 6.45) is 1.87. The molecule has 162 valence electrons. The van der Waals surface area contributed by atoms with Crippen LogP contribution in [0.15, 0.2) is 42.5 Å². The molecule has 2 aromatic heterocycles. The molecule has 3 heterocycles. The molecule has 3 aromatic rings. The van der Waals surface area contributed by atoms with E-state index < -0.39 is 9.84 Å². The van der Waals surface area contributed by atoms with Gasteiger partial charge in [0, 0.05) is 36.9 Å². The van der Waals surface area contributed by atoms with Crippen molar-refractivity contribution in [2.24, 2.45) is 5.92 Å². The standard InChI is InChI=1S/C22H25N5O3S/c1-2-31(29,30)18-13-26(14-18)12-15-6-8-16(9-7-15)19-4-3-5-20-23-22(25-27(19)20)24-21(28)17-10-11-17/h3-9,17-18H,2,10-14H2,1H3,(H,24,25,28). The van der Waals surface area contributed by atoms with Crippen LogP contribution in [0, 0.1) is 5.92 Å². The van der Waals surface area contributed by atoms with Crippen LogP contribution in [0.25, 0.3) is 16.9 Å². The van der Waals surface area contributed by atoms with Gasteiger partial charge in [0.15, 0.2) is 15.5 Å². The summed E-state index contributed by atoms with van der Waals surface area (Å²) < 4.78 is 25.6. The highest BCUT2D eigenvalue weighted by atomic mass is 32.2. The Morgan fingerprint density at radius 3 is 2.55 bits per heavy atom. The number of hydrogen-bond acceptors (Lipinski definition) is 6. The highest BCUT2D eigenvalue weighted by Gasteiger charge is 2.35. The van der Waals surface area contributed by atoms with Crippen molar-refractivity contribution in [3.63, 3.8) is 0 Å². The molecule has 0 bridgehead atoms. The number of sulfone groups is 1. The van der Waals surface area contributed by atoms with Crippen molar-refractivity contribution in [2.75, 3.05) is 24.2 Å². The number of benzene rings is 1. The van der Waals surface area contributed by atoms with Crippen LogP contribution >= 0.6 is 0 Å². The third kappa shape index (κ3) is 4.07. The molecular formula is C22H25N5O3S. The molecule has 1 saturated heterocycles. The van der Waals surface area contributed by atoms with E-state index in [1.165, 1.54) is 0 Å². The molecule has 0 atom stereocenters. The maximum Gasteiger partial charge on any atom is 0.249 e. The Balaban J connectivity index is 1.29. The first-order chi connectivity index (χ1) is 14.9. The summed E-state index contributed by atoms with van der Waals surface area (Å²) in [6, 6.07) is 13.9. The lowest BCUT2D eigenvalue weighted by molar-refractivity contribution is -0.117. The number of fused-ring (bicyclic) bond motifs is 1. The maximum atomic E-state index is 12.0. The fourth-order valence-corrected chi connectivity index (χ4v) is 5.24. The third-order valence-corrected chi connectivity index (χ3v) is 8.15. The van der Waals surface area contributed by atoms with Gasteiger partial charge in [-0.05, 0) is 30.5 Å². The molecule has 2 aliphatic rings. The van der Waals surface area contributed by atoms with Crippen LogP contribution in [0.1, 0.15) is 25.3 Å². The Bertz CT molecular complexity index is 1230. The van der Waals surface area contributed by atoms with E-state index >= 15 is 0 Å². The smallest absolute Gasteiger partial charge is 0.249 e. The lowest BCUT2D eigenvalue weighted by Gasteiger charge is -2.38. The molecule has 1 amide bonds. The zero-order chi connectivity index (χ0) is 21.6. The SMILES string of the molecule is CCS(=O)(=O)C1CN(Cc2ccc(-c3cccc4nc(NC(=O)C5CC5)nn34)cc2)C1. The van der Waals surface area contributed by atoms with Crippen molar-refractivity contribution in [1.82, 2.24) is 19.5 Å². The fraction of sp³-hybridized carbons (Fsp3) is 0.409. The number of nitrogens with zero attached hydrogens (tertiary/aromatic N) is 4. The summed E-state index contributed by atoms with van der Waals surface area (Å²) in [5.41, 5.74) is 3.70. The van der Waals surface area contributed by atoms with Crippen LogP contribution in [0.4, 0.5) is 5.95 Å². The van der Waals surface area contributed by atoms with Crippen molar-refractivity contribution in [3.05, 3.63) is 48.0 Å². The molecule has 2 fully saturated rings. The molecule has 1 saturated carbocycles. The van der Waals surface area contributed by atoms with Gasteiger partial charge in [0.2, 0.25) is 11.9 Å². The molecule has 8 nitrogen and oxygen atoms in total. The number of aromatic nitrogens is 3. The molecule has 31 heavy (non-hydrogen) atoms. The second kappa shape index (κ2) is 7.72. The van der Waals surface area contributed by atoms with Gasteiger partial charge in [0.05, 0.1) is 10.9 Å². The summed E-state index contributed by atoms with van der Waals surface area (Å²) >= 11 is 0. The molecule has 1 N–H and O–H groups in total. The highest BCUT2D eigenvalue weighted by molar-refractivity contribution is 7.92. The van der Waals surface area contributed by atoms with Crippen LogP contribution in [0.2, 0.25) is 0 Å². The summed E-state index contributed by atoms with van der Waals surface area (Å²) in [7, 11) is -2.94. The Kier molecular flexibility index (Phi) is 5.02. The van der Waals surface area contributed by atoms with Gasteiger partial charge in [-0.2, -0.15) is 4.98 Å². The van der Waals surface area contributed by atoms with Crippen molar-refractivity contribution in [3.8, 4) is 11.3 Å². The number of hydrogen-bond donors (Lipinski definition) is 1. The van der Waals surface area contributed by atoms with Gasteiger partial charge >= 0.3 is 0 Å². The van der Waals surface area contributed by atoms with Gasteiger partial charge in [-0.1, -0.05) is 37.3 Å². The fourth-order valence-electron chi connectivity index (χ4n) is 3.89. The number of amides is 1. The van der Waals surface area contributed by atoms with Gasteiger partial charge in [-0.15, -0.1) is 5.10 Å². The minimum atomic E-state index is -2.94. The number of anilines is 1. The van der Waals surface area contributed by atoms with Gasteiger partial charge in [-0.25, -0.2) is 12.9 Å². The molecule has 1 aliphatic heterocycles. The van der Waals surface area contributed by atoms with Crippen LogP contribution in [0.5, 0.6) is 0 Å². The zero-order valence-corrected chi connectivity index (χ0v) is 18.2. The number of rotatable bonds is 7. The van der Waals surface area contributed by atoms with Crippen molar-refractivity contribution < 1.29 is 13.2 Å². The van der Waals surface area contributed by atoms with Gasteiger partial charge in [0.25, 0.3) is 0 Å². The van der Waals surface area contributed by atoms with Crippen molar-refractivity contribution in [1.29, 1.82) is 0 Å². The topological polar surface area (TPSA) is 96.7 Å². The number of nitrogens with one attached hydrogen (secondary N) is 1. The lowest BCUT2D eigenvalue weighted by Crippen LogP contribution is -2.54. The quantitative estimate of drug-likeness (QED) is 0.607. The first kappa shape index (κ1) is 20.1. The van der Waals surface area contributed by atoms with E-state index in [9.17, 15) is 13.2 Å². The number of carbonyl (C=O) groups excluding carboxylic acids is 1. The minimum absolute atomic E-state index is 0.0122. The minimum Gasteiger partial charge on any atom is -0.296 e. The summed E-state index contributed by atoms with van der Waals surface area (Å²) in [6.45, 7) is 3.65. The normalized spacial score (nSPS) is 17.6. The third-order valence-electron chi connectivity index (χ3n) is 6.03. The van der Waals surface area contributed by atoms with E-state index in [-0.39, 0.29) is 22.8 Å². The summed E-state index contributed by atoms with van der Waals surface area (Å²) in [5.74, 6) is 0.625. The van der Waals surface area contributed by atoms with Crippen LogP contribution in [-0.2, 0) is 21.2 Å². The predicted molar refractivity (Wildman–Crippen MR) is 118 cm³/mol. The van der Waals surface area contributed by atoms with Crippen LogP contribution < -0.4 is 5.32 Å². The largest absolute Gasteiger partial charge is 0.296 e. The second-order valence-corrected chi connectivity index (χ2v) is 10.9. The Morgan fingerprint density at radius 1 is 1.13 bits per heavy atom. The van der Waals surface area contributed by atoms with E-state index in [0.717, 1.165) is 36.2 Å². The molecule has 1 aliphatic carbocycles. The van der Waals surface area contributed by atoms with Crippen molar-refractivity contribution in [2.45, 2.75) is 31.6 Å². The Labute approximate surface area is 181 Å². The molecule has 0 spiro atoms. The first-order valence-corrected chi connectivity index (χ1v) is 12.3. The monoisotopic (exact) mass is 439 g/mol. The molecular weight excluding hydrogens is 414 g/mol. The number of carbonyl (C=O) groups is 1. The summed E-state index contributed by atoms with van der Waals surface area (Å²) in [5, 5.41) is 7.06. The molecule has 0 radical (unpaired) electrons. The lowest BCUT2D eigenvalue weighted by atomic mass is 10.1. The van der Waals surface area contributed by atoms with E-state index in [1.54, 1.807) is 11.4 Å². The van der Waals surface area contributed by atoms with E-state index in [0.29, 0.717) is 24.7 Å². The number of likely N-dealkylation sites (tertiary alicyclic amines) is 1. The predicted octanol–water partition coefficient (Wildman–Crippen LogP) is 2.36. The van der Waals surface area contributed by atoms with E-state index in [4.69, 9.17) is 0 Å². The average molecular weight is 440 g/mol.